The number of fused-ring (bicyclic) bond motifs is 10. The van der Waals surface area contributed by atoms with Crippen LogP contribution in [-0.4, -0.2) is 0 Å². The van der Waals surface area contributed by atoms with Gasteiger partial charge in [-0.15, -0.1) is 0 Å². The van der Waals surface area contributed by atoms with Crippen LogP contribution in [0.15, 0.2) is 97.1 Å². The van der Waals surface area contributed by atoms with Crippen LogP contribution in [0, 0.1) is 23.7 Å². The summed E-state index contributed by atoms with van der Waals surface area (Å²) in [6.45, 7) is 0. The van der Waals surface area contributed by atoms with E-state index in [1.54, 1.807) is 0 Å². The van der Waals surface area contributed by atoms with Crippen molar-refractivity contribution in [3.8, 4) is 11.1 Å². The number of rotatable bonds is 0. The molecule has 1 saturated carbocycles. The summed E-state index contributed by atoms with van der Waals surface area (Å²) < 4.78 is 0. The molecule has 0 amide bonds. The minimum absolute atomic E-state index is 0.0606. The number of hydrogen-bond donors (Lipinski definition) is 0. The Bertz CT molecular complexity index is 903. The molecule has 1 spiro atoms. The molecular formula is C25H20. The van der Waals surface area contributed by atoms with Crippen LogP contribution in [0.4, 0.5) is 0 Å². The van der Waals surface area contributed by atoms with Crippen molar-refractivity contribution in [3.63, 3.8) is 0 Å². The van der Waals surface area contributed by atoms with Gasteiger partial charge in [-0.2, -0.15) is 0 Å². The van der Waals surface area contributed by atoms with Gasteiger partial charge in [0.05, 0.1) is 0 Å². The highest BCUT2D eigenvalue weighted by Crippen LogP contribution is 2.67. The van der Waals surface area contributed by atoms with E-state index in [9.17, 15) is 0 Å². The predicted octanol–water partition coefficient (Wildman–Crippen LogP) is 5.68. The van der Waals surface area contributed by atoms with Crippen LogP contribution in [0.2, 0.25) is 0 Å². The molecule has 4 atom stereocenters. The molecule has 4 aliphatic carbocycles. The molecule has 0 N–H and O–H groups in total. The maximum Gasteiger partial charge on any atom is 0.0352 e. The van der Waals surface area contributed by atoms with E-state index in [1.165, 1.54) is 22.3 Å². The summed E-state index contributed by atoms with van der Waals surface area (Å²) in [7, 11) is 0. The molecule has 4 aliphatic rings. The first-order chi connectivity index (χ1) is 12.4. The number of hydrogen-bond acceptors (Lipinski definition) is 0. The average Bonchev–Trinajstić information content (AvgIpc) is 3.16. The Kier molecular flexibility index (Phi) is 2.58. The van der Waals surface area contributed by atoms with E-state index in [0.717, 1.165) is 0 Å². The molecule has 6 rings (SSSR count). The van der Waals surface area contributed by atoms with Gasteiger partial charge in [0.25, 0.3) is 0 Å². The van der Waals surface area contributed by atoms with Gasteiger partial charge >= 0.3 is 0 Å². The van der Waals surface area contributed by atoms with Crippen LogP contribution in [0.3, 0.4) is 0 Å². The van der Waals surface area contributed by atoms with Crippen molar-refractivity contribution in [2.45, 2.75) is 5.41 Å². The molecule has 25 heavy (non-hydrogen) atoms. The van der Waals surface area contributed by atoms with Crippen molar-refractivity contribution in [2.24, 2.45) is 23.7 Å². The van der Waals surface area contributed by atoms with Crippen LogP contribution in [0.25, 0.3) is 11.1 Å². The molecule has 0 nitrogen and oxygen atoms in total. The largest absolute Gasteiger partial charge is 0.0802 e. The maximum atomic E-state index is 2.48. The molecule has 0 heteroatoms. The SMILES string of the molecule is C1=CC2C3C=CC=CC3C3(c4ccccc4-c4ccccc43)C2C=C1. The van der Waals surface area contributed by atoms with Gasteiger partial charge in [-0.25, -0.2) is 0 Å². The third-order valence-corrected chi connectivity index (χ3v) is 6.89. The Labute approximate surface area is 148 Å². The Morgan fingerprint density at radius 2 is 0.960 bits per heavy atom. The first-order valence-electron chi connectivity index (χ1n) is 9.32. The second kappa shape index (κ2) is 4.73. The number of benzene rings is 2. The monoisotopic (exact) mass is 320 g/mol. The van der Waals surface area contributed by atoms with Gasteiger partial charge in [-0.1, -0.05) is 97.1 Å². The highest BCUT2D eigenvalue weighted by Gasteiger charge is 2.62. The lowest BCUT2D eigenvalue weighted by Gasteiger charge is -2.39. The van der Waals surface area contributed by atoms with Gasteiger partial charge in [0.15, 0.2) is 0 Å². The van der Waals surface area contributed by atoms with Crippen LogP contribution < -0.4 is 0 Å². The van der Waals surface area contributed by atoms with Crippen molar-refractivity contribution in [3.05, 3.63) is 108 Å². The first-order valence-corrected chi connectivity index (χ1v) is 9.32. The van der Waals surface area contributed by atoms with Gasteiger partial charge in [0.2, 0.25) is 0 Å². The molecule has 2 aromatic rings. The van der Waals surface area contributed by atoms with E-state index in [1.807, 2.05) is 0 Å². The molecule has 120 valence electrons. The number of allylic oxidation sites excluding steroid dienone is 8. The van der Waals surface area contributed by atoms with Gasteiger partial charge in [-0.3, -0.25) is 0 Å². The van der Waals surface area contributed by atoms with Crippen molar-refractivity contribution >= 4 is 0 Å². The second-order valence-electron chi connectivity index (χ2n) is 7.71. The van der Waals surface area contributed by atoms with Gasteiger partial charge in [0, 0.05) is 5.41 Å². The Morgan fingerprint density at radius 3 is 1.48 bits per heavy atom. The summed E-state index contributed by atoms with van der Waals surface area (Å²) in [5.74, 6) is 2.19. The van der Waals surface area contributed by atoms with Crippen LogP contribution in [0.5, 0.6) is 0 Å². The summed E-state index contributed by atoms with van der Waals surface area (Å²) in [6, 6.07) is 18.2. The molecule has 4 unspecified atom stereocenters. The highest BCUT2D eigenvalue weighted by molar-refractivity contribution is 5.82. The Morgan fingerprint density at radius 1 is 0.520 bits per heavy atom. The molecule has 0 saturated heterocycles. The minimum Gasteiger partial charge on any atom is -0.0802 e. The van der Waals surface area contributed by atoms with Crippen molar-refractivity contribution < 1.29 is 0 Å². The van der Waals surface area contributed by atoms with Crippen molar-refractivity contribution in [1.82, 2.24) is 0 Å². The van der Waals surface area contributed by atoms with Crippen LogP contribution in [0.1, 0.15) is 11.1 Å². The quantitative estimate of drug-likeness (QED) is 0.585. The molecule has 0 aromatic heterocycles. The smallest absolute Gasteiger partial charge is 0.0352 e. The zero-order valence-electron chi connectivity index (χ0n) is 14.0. The fraction of sp³-hybridized carbons (Fsp3) is 0.200. The predicted molar refractivity (Wildman–Crippen MR) is 103 cm³/mol. The molecule has 0 bridgehead atoms. The van der Waals surface area contributed by atoms with Gasteiger partial charge < -0.3 is 0 Å². The summed E-state index contributed by atoms with van der Waals surface area (Å²) in [5.41, 5.74) is 5.98. The molecule has 0 radical (unpaired) electrons. The van der Waals surface area contributed by atoms with E-state index in [-0.39, 0.29) is 5.41 Å². The van der Waals surface area contributed by atoms with Crippen molar-refractivity contribution in [2.75, 3.05) is 0 Å². The van der Waals surface area contributed by atoms with E-state index >= 15 is 0 Å². The Hall–Kier alpha value is -2.60. The minimum atomic E-state index is 0.0606. The summed E-state index contributed by atoms with van der Waals surface area (Å²) in [5, 5.41) is 0. The fourth-order valence-electron chi connectivity index (χ4n) is 6.14. The topological polar surface area (TPSA) is 0 Å². The summed E-state index contributed by atoms with van der Waals surface area (Å²) in [4.78, 5) is 0. The van der Waals surface area contributed by atoms with Crippen LogP contribution in [-0.2, 0) is 5.41 Å². The molecule has 2 aromatic carbocycles. The molecule has 1 fully saturated rings. The van der Waals surface area contributed by atoms with E-state index in [4.69, 9.17) is 0 Å². The highest BCUT2D eigenvalue weighted by atomic mass is 14.6. The normalized spacial score (nSPS) is 31.7. The average molecular weight is 320 g/mol. The van der Waals surface area contributed by atoms with Crippen molar-refractivity contribution in [1.29, 1.82) is 0 Å². The zero-order valence-corrected chi connectivity index (χ0v) is 14.0. The molecular weight excluding hydrogens is 300 g/mol. The first kappa shape index (κ1) is 13.7. The van der Waals surface area contributed by atoms with E-state index < -0.39 is 0 Å². The lowest BCUT2D eigenvalue weighted by molar-refractivity contribution is 0.371. The summed E-state index contributed by atoms with van der Waals surface area (Å²) in [6.07, 6.45) is 18.9. The third kappa shape index (κ3) is 1.49. The lowest BCUT2D eigenvalue weighted by Crippen LogP contribution is -2.37. The maximum absolute atomic E-state index is 2.48. The van der Waals surface area contributed by atoms with Gasteiger partial charge in [-0.05, 0) is 45.9 Å². The van der Waals surface area contributed by atoms with Gasteiger partial charge in [0.1, 0.15) is 0 Å². The summed E-state index contributed by atoms with van der Waals surface area (Å²) >= 11 is 0. The lowest BCUT2D eigenvalue weighted by atomic mass is 9.63. The van der Waals surface area contributed by atoms with Crippen LogP contribution >= 0.6 is 0 Å². The fourth-order valence-corrected chi connectivity index (χ4v) is 6.14. The van der Waals surface area contributed by atoms with E-state index in [2.05, 4.69) is 97.1 Å². The third-order valence-electron chi connectivity index (χ3n) is 6.89. The zero-order chi connectivity index (χ0) is 16.4. The standard InChI is InChI=1S/C25H20/c1-5-13-21-17(9-1)18-10-2-6-14-22(18)25(21)23-15-7-3-11-19(23)20-12-4-8-16-24(20)25/h1-18,21-22H. The molecule has 0 aliphatic heterocycles. The second-order valence-corrected chi connectivity index (χ2v) is 7.71. The Balaban J connectivity index is 1.74. The molecule has 0 heterocycles. The van der Waals surface area contributed by atoms with E-state index in [0.29, 0.717) is 23.7 Å².